The molecule has 0 saturated carbocycles. The van der Waals surface area contributed by atoms with Crippen molar-refractivity contribution in [2.24, 2.45) is 0 Å². The van der Waals surface area contributed by atoms with Crippen molar-refractivity contribution in [1.29, 1.82) is 0 Å². The zero-order chi connectivity index (χ0) is 16.9. The second-order valence-electron chi connectivity index (χ2n) is 5.70. The van der Waals surface area contributed by atoms with Gasteiger partial charge in [0.15, 0.2) is 0 Å². The summed E-state index contributed by atoms with van der Waals surface area (Å²) in [6, 6.07) is 10.9. The summed E-state index contributed by atoms with van der Waals surface area (Å²) in [6.07, 6.45) is 2.73. The van der Waals surface area contributed by atoms with Gasteiger partial charge in [-0.2, -0.15) is 0 Å². The molecule has 7 heteroatoms. The van der Waals surface area contributed by atoms with Crippen LogP contribution in [0.25, 0.3) is 0 Å². The van der Waals surface area contributed by atoms with Crippen molar-refractivity contribution in [3.63, 3.8) is 0 Å². The SMILES string of the molecule is O=C(NC1CCc2ncc([N+](=O)[O-])cc2C1)OCc1ccccc1. The Morgan fingerprint density at radius 1 is 1.38 bits per heavy atom. The van der Waals surface area contributed by atoms with Gasteiger partial charge in [-0.3, -0.25) is 15.1 Å². The van der Waals surface area contributed by atoms with Gasteiger partial charge in [-0.1, -0.05) is 30.3 Å². The van der Waals surface area contributed by atoms with E-state index in [1.54, 1.807) is 0 Å². The number of fused-ring (bicyclic) bond motifs is 1. The molecule has 1 unspecified atom stereocenters. The summed E-state index contributed by atoms with van der Waals surface area (Å²) in [5, 5.41) is 13.7. The Hall–Kier alpha value is -2.96. The fourth-order valence-electron chi connectivity index (χ4n) is 2.76. The number of amides is 1. The van der Waals surface area contributed by atoms with Crippen molar-refractivity contribution < 1.29 is 14.5 Å². The van der Waals surface area contributed by atoms with Crippen molar-refractivity contribution in [3.05, 3.63) is 69.5 Å². The van der Waals surface area contributed by atoms with Crippen molar-refractivity contribution >= 4 is 11.8 Å². The van der Waals surface area contributed by atoms with Crippen LogP contribution in [0.1, 0.15) is 23.2 Å². The van der Waals surface area contributed by atoms with Gasteiger partial charge >= 0.3 is 6.09 Å². The molecule has 1 atom stereocenters. The third kappa shape index (κ3) is 3.87. The van der Waals surface area contributed by atoms with Crippen LogP contribution in [-0.4, -0.2) is 22.0 Å². The second-order valence-corrected chi connectivity index (χ2v) is 5.70. The quantitative estimate of drug-likeness (QED) is 0.688. The van der Waals surface area contributed by atoms with Gasteiger partial charge in [-0.25, -0.2) is 4.79 Å². The molecule has 1 aliphatic carbocycles. The molecule has 1 heterocycles. The number of nitrogens with one attached hydrogen (secondary N) is 1. The molecule has 1 amide bonds. The van der Waals surface area contributed by atoms with Crippen LogP contribution < -0.4 is 5.32 Å². The lowest BCUT2D eigenvalue weighted by Crippen LogP contribution is -2.39. The number of rotatable bonds is 4. The highest BCUT2D eigenvalue weighted by Gasteiger charge is 2.23. The van der Waals surface area contributed by atoms with Crippen molar-refractivity contribution in [1.82, 2.24) is 10.3 Å². The van der Waals surface area contributed by atoms with Crippen LogP contribution in [0.15, 0.2) is 42.6 Å². The molecule has 124 valence electrons. The molecule has 1 N–H and O–H groups in total. The molecule has 1 aromatic carbocycles. The fraction of sp³-hybridized carbons (Fsp3) is 0.294. The largest absolute Gasteiger partial charge is 0.445 e. The van der Waals surface area contributed by atoms with Gasteiger partial charge in [0.2, 0.25) is 0 Å². The predicted molar refractivity (Wildman–Crippen MR) is 86.5 cm³/mol. The number of hydrogen-bond acceptors (Lipinski definition) is 5. The van der Waals surface area contributed by atoms with E-state index in [2.05, 4.69) is 10.3 Å². The van der Waals surface area contributed by atoms with Crippen LogP contribution in [0, 0.1) is 10.1 Å². The monoisotopic (exact) mass is 327 g/mol. The van der Waals surface area contributed by atoms with E-state index < -0.39 is 11.0 Å². The molecular weight excluding hydrogens is 310 g/mol. The number of pyridine rings is 1. The maximum Gasteiger partial charge on any atom is 0.407 e. The highest BCUT2D eigenvalue weighted by Crippen LogP contribution is 2.23. The van der Waals surface area contributed by atoms with E-state index in [9.17, 15) is 14.9 Å². The Labute approximate surface area is 138 Å². The summed E-state index contributed by atoms with van der Waals surface area (Å²) in [5.41, 5.74) is 2.56. The van der Waals surface area contributed by atoms with E-state index in [1.807, 2.05) is 30.3 Å². The first kappa shape index (κ1) is 15.9. The average Bonchev–Trinajstić information content (AvgIpc) is 2.60. The van der Waals surface area contributed by atoms with Crippen molar-refractivity contribution in [2.45, 2.75) is 31.9 Å². The number of carbonyl (C=O) groups excluding carboxylic acids is 1. The smallest absolute Gasteiger partial charge is 0.407 e. The third-order valence-corrected chi connectivity index (χ3v) is 3.99. The number of nitrogens with zero attached hydrogens (tertiary/aromatic N) is 2. The van der Waals surface area contributed by atoms with E-state index in [1.165, 1.54) is 12.3 Å². The number of aryl methyl sites for hydroxylation is 1. The average molecular weight is 327 g/mol. The second kappa shape index (κ2) is 7.08. The molecule has 1 aliphatic rings. The first-order valence-corrected chi connectivity index (χ1v) is 7.71. The highest BCUT2D eigenvalue weighted by molar-refractivity contribution is 5.67. The molecule has 7 nitrogen and oxygen atoms in total. The summed E-state index contributed by atoms with van der Waals surface area (Å²) in [6.45, 7) is 0.211. The molecule has 0 fully saturated rings. The number of hydrogen-bond donors (Lipinski definition) is 1. The topological polar surface area (TPSA) is 94.4 Å². The summed E-state index contributed by atoms with van der Waals surface area (Å²) in [7, 11) is 0. The predicted octanol–water partition coefficient (Wildman–Crippen LogP) is 2.77. The lowest BCUT2D eigenvalue weighted by atomic mass is 9.92. The van der Waals surface area contributed by atoms with Gasteiger partial charge in [-0.15, -0.1) is 0 Å². The molecule has 0 bridgehead atoms. The first-order valence-electron chi connectivity index (χ1n) is 7.71. The minimum Gasteiger partial charge on any atom is -0.445 e. The van der Waals surface area contributed by atoms with Crippen LogP contribution in [-0.2, 0) is 24.2 Å². The number of benzene rings is 1. The molecule has 0 saturated heterocycles. The Balaban J connectivity index is 1.56. The molecule has 3 rings (SSSR count). The summed E-state index contributed by atoms with van der Waals surface area (Å²) in [5.74, 6) is 0. The van der Waals surface area contributed by atoms with Crippen LogP contribution >= 0.6 is 0 Å². The van der Waals surface area contributed by atoms with Crippen LogP contribution in [0.3, 0.4) is 0 Å². The standard InChI is InChI=1S/C17H17N3O4/c21-17(24-11-12-4-2-1-3-5-12)19-14-6-7-16-13(8-14)9-15(10-18-16)20(22)23/h1-5,9-10,14H,6-8,11H2,(H,19,21). The van der Waals surface area contributed by atoms with Gasteiger partial charge in [0, 0.05) is 17.8 Å². The van der Waals surface area contributed by atoms with Gasteiger partial charge in [0.1, 0.15) is 12.8 Å². The third-order valence-electron chi connectivity index (χ3n) is 3.99. The van der Waals surface area contributed by atoms with E-state index in [4.69, 9.17) is 4.74 Å². The molecular formula is C17H17N3O4. The molecule has 0 spiro atoms. The van der Waals surface area contributed by atoms with E-state index >= 15 is 0 Å². The van der Waals surface area contributed by atoms with Crippen LogP contribution in [0.2, 0.25) is 0 Å². The molecule has 1 aromatic heterocycles. The van der Waals surface area contributed by atoms with Crippen LogP contribution in [0.4, 0.5) is 10.5 Å². The minimum atomic E-state index is -0.481. The Kier molecular flexibility index (Phi) is 4.69. The maximum atomic E-state index is 11.9. The van der Waals surface area contributed by atoms with Gasteiger partial charge in [0.25, 0.3) is 5.69 Å². The number of nitro groups is 1. The molecule has 0 aliphatic heterocycles. The summed E-state index contributed by atoms with van der Waals surface area (Å²) < 4.78 is 5.21. The summed E-state index contributed by atoms with van der Waals surface area (Å²) >= 11 is 0. The lowest BCUT2D eigenvalue weighted by Gasteiger charge is -2.24. The molecule has 0 radical (unpaired) electrons. The highest BCUT2D eigenvalue weighted by atomic mass is 16.6. The number of aromatic nitrogens is 1. The van der Waals surface area contributed by atoms with Gasteiger partial charge in [0.05, 0.1) is 4.92 Å². The molecule has 24 heavy (non-hydrogen) atoms. The maximum absolute atomic E-state index is 11.9. The number of alkyl carbamates (subject to hydrolysis) is 1. The van der Waals surface area contributed by atoms with Gasteiger partial charge < -0.3 is 10.1 Å². The lowest BCUT2D eigenvalue weighted by molar-refractivity contribution is -0.385. The van der Waals surface area contributed by atoms with Gasteiger partial charge in [-0.05, 0) is 30.4 Å². The first-order chi connectivity index (χ1) is 11.6. The normalized spacial score (nSPS) is 16.1. The Morgan fingerprint density at radius 2 is 2.17 bits per heavy atom. The summed E-state index contributed by atoms with van der Waals surface area (Å²) in [4.78, 5) is 26.4. The van der Waals surface area contributed by atoms with Crippen molar-refractivity contribution in [2.75, 3.05) is 0 Å². The zero-order valence-corrected chi connectivity index (χ0v) is 13.0. The van der Waals surface area contributed by atoms with E-state index in [0.29, 0.717) is 12.8 Å². The zero-order valence-electron chi connectivity index (χ0n) is 13.0. The Morgan fingerprint density at radius 3 is 2.92 bits per heavy atom. The van der Waals surface area contributed by atoms with Crippen molar-refractivity contribution in [3.8, 4) is 0 Å². The van der Waals surface area contributed by atoms with E-state index in [-0.39, 0.29) is 18.3 Å². The minimum absolute atomic E-state index is 0.0268. The fourth-order valence-corrected chi connectivity index (χ4v) is 2.76. The number of ether oxygens (including phenoxy) is 1. The molecule has 2 aromatic rings. The number of carbonyl (C=O) groups is 1. The Bertz CT molecular complexity index is 749. The van der Waals surface area contributed by atoms with Crippen LogP contribution in [0.5, 0.6) is 0 Å². The van der Waals surface area contributed by atoms with E-state index in [0.717, 1.165) is 23.2 Å².